The molecule has 1 aliphatic heterocycles. The van der Waals surface area contributed by atoms with Gasteiger partial charge in [0.25, 0.3) is 0 Å². The lowest BCUT2D eigenvalue weighted by atomic mass is 9.95. The zero-order valence-electron chi connectivity index (χ0n) is 28.8. The average Bonchev–Trinajstić information content (AvgIpc) is 3.03. The summed E-state index contributed by atoms with van der Waals surface area (Å²) in [4.78, 5) is 45.5. The van der Waals surface area contributed by atoms with Gasteiger partial charge in [0.1, 0.15) is 17.5 Å². The summed E-state index contributed by atoms with van der Waals surface area (Å²) < 4.78 is 7.19. The van der Waals surface area contributed by atoms with Crippen molar-refractivity contribution >= 4 is 33.7 Å². The first-order valence-electron chi connectivity index (χ1n) is 16.4. The van der Waals surface area contributed by atoms with Gasteiger partial charge in [-0.3, -0.25) is 4.98 Å². The van der Waals surface area contributed by atoms with E-state index in [1.54, 1.807) is 21.7 Å². The van der Waals surface area contributed by atoms with E-state index in [-0.39, 0.29) is 18.1 Å². The smallest absolute Gasteiger partial charge is 0.410 e. The molecule has 0 unspecified atom stereocenters. The molecule has 1 saturated heterocycles. The van der Waals surface area contributed by atoms with E-state index in [1.165, 1.54) is 0 Å². The summed E-state index contributed by atoms with van der Waals surface area (Å²) in [6, 6.07) is 18.0. The van der Waals surface area contributed by atoms with Crippen LogP contribution in [0.3, 0.4) is 0 Å². The number of rotatable bonds is 4. The molecule has 10 heteroatoms. The van der Waals surface area contributed by atoms with Crippen molar-refractivity contribution in [3.05, 3.63) is 87.6 Å². The Kier molecular flexibility index (Phi) is 8.42. The number of anilines is 1. The van der Waals surface area contributed by atoms with Gasteiger partial charge in [0, 0.05) is 37.4 Å². The minimum atomic E-state index is -0.612. The Morgan fingerprint density at radius 3 is 2.44 bits per heavy atom. The summed E-state index contributed by atoms with van der Waals surface area (Å²) in [7, 11) is 0. The van der Waals surface area contributed by atoms with Gasteiger partial charge in [0.05, 0.1) is 28.0 Å². The van der Waals surface area contributed by atoms with Gasteiger partial charge < -0.3 is 14.5 Å². The molecule has 0 saturated carbocycles. The van der Waals surface area contributed by atoms with Crippen LogP contribution in [-0.4, -0.2) is 61.8 Å². The number of hydrogen-bond acceptors (Lipinski definition) is 8. The quantitative estimate of drug-likeness (QED) is 0.204. The number of benzene rings is 2. The van der Waals surface area contributed by atoms with Crippen molar-refractivity contribution in [2.24, 2.45) is 0 Å². The van der Waals surface area contributed by atoms with Crippen molar-refractivity contribution in [2.45, 2.75) is 73.0 Å². The molecule has 246 valence electrons. The first-order valence-corrected chi connectivity index (χ1v) is 16.4. The summed E-state index contributed by atoms with van der Waals surface area (Å²) in [6.07, 6.45) is 1.37. The van der Waals surface area contributed by atoms with Crippen LogP contribution in [0, 0.1) is 25.2 Å². The molecular weight excluding hydrogens is 602 g/mol. The average molecular weight is 644 g/mol. The Hall–Kier alpha value is -5.30. The highest BCUT2D eigenvalue weighted by Gasteiger charge is 2.33. The van der Waals surface area contributed by atoms with Gasteiger partial charge in [-0.25, -0.2) is 19.1 Å². The fraction of sp³-hybridized carbons (Fsp3) is 0.368. The highest BCUT2D eigenvalue weighted by molar-refractivity contribution is 6.01. The summed E-state index contributed by atoms with van der Waals surface area (Å²) in [5, 5.41) is 13.2. The van der Waals surface area contributed by atoms with E-state index in [0.717, 1.165) is 33.2 Å². The van der Waals surface area contributed by atoms with Gasteiger partial charge in [0.2, 0.25) is 0 Å². The van der Waals surface area contributed by atoms with Crippen LogP contribution >= 0.6 is 0 Å². The molecule has 6 rings (SSSR count). The maximum absolute atomic E-state index is 14.3. The molecule has 10 nitrogen and oxygen atoms in total. The van der Waals surface area contributed by atoms with Crippen LogP contribution in [0.2, 0.25) is 0 Å². The molecule has 48 heavy (non-hydrogen) atoms. The number of fused-ring (bicyclic) bond motifs is 2. The van der Waals surface area contributed by atoms with Crippen LogP contribution in [0.25, 0.3) is 38.8 Å². The molecule has 1 aliphatic rings. The fourth-order valence-electron chi connectivity index (χ4n) is 6.62. The lowest BCUT2D eigenvalue weighted by molar-refractivity contribution is 0.0218. The van der Waals surface area contributed by atoms with Crippen LogP contribution in [0.1, 0.15) is 69.8 Å². The molecule has 1 amide bonds. The van der Waals surface area contributed by atoms with Gasteiger partial charge in [-0.05, 0) is 81.5 Å². The zero-order chi connectivity index (χ0) is 34.5. The second kappa shape index (κ2) is 12.4. The van der Waals surface area contributed by atoms with E-state index >= 15 is 0 Å². The highest BCUT2D eigenvalue weighted by Crippen LogP contribution is 2.36. The van der Waals surface area contributed by atoms with Crippen LogP contribution in [0.4, 0.5) is 10.6 Å². The number of nitrogens with zero attached hydrogens (tertiary/aromatic N) is 7. The molecule has 0 spiro atoms. The van der Waals surface area contributed by atoms with Crippen LogP contribution in [-0.2, 0) is 4.74 Å². The van der Waals surface area contributed by atoms with Crippen molar-refractivity contribution in [3.8, 4) is 23.0 Å². The number of carbonyl (C=O) groups is 1. The van der Waals surface area contributed by atoms with E-state index in [2.05, 4.69) is 16.0 Å². The first-order chi connectivity index (χ1) is 22.8. The SMILES string of the molecule is Cc1ccnc(C(C)C)c1-n1c(=O)nc(N2CCN(C(=O)OC(C)(C)C)C[C@@H]2C)c2cc(C#N)c(-c3cccc4cccc(C)c34)nc21. The molecule has 5 aromatic rings. The predicted octanol–water partition coefficient (Wildman–Crippen LogP) is 7.05. The number of nitriles is 1. The Morgan fingerprint density at radius 1 is 1.04 bits per heavy atom. The molecule has 1 atom stereocenters. The van der Waals surface area contributed by atoms with Crippen molar-refractivity contribution in [2.75, 3.05) is 24.5 Å². The second-order valence-electron chi connectivity index (χ2n) is 13.9. The Morgan fingerprint density at radius 2 is 1.77 bits per heavy atom. The zero-order valence-corrected chi connectivity index (χ0v) is 28.8. The number of ether oxygens (including phenoxy) is 1. The second-order valence-corrected chi connectivity index (χ2v) is 13.9. The highest BCUT2D eigenvalue weighted by atomic mass is 16.6. The van der Waals surface area contributed by atoms with E-state index in [0.29, 0.717) is 53.4 Å². The van der Waals surface area contributed by atoms with Crippen LogP contribution in [0.15, 0.2) is 59.5 Å². The van der Waals surface area contributed by atoms with E-state index in [9.17, 15) is 14.9 Å². The number of pyridine rings is 2. The molecule has 3 aromatic heterocycles. The number of piperazine rings is 1. The maximum atomic E-state index is 14.3. The fourth-order valence-corrected chi connectivity index (χ4v) is 6.62. The number of carbonyl (C=O) groups excluding carboxylic acids is 1. The standard InChI is InChI=1S/C38H41N7O3/c1-22(2)31-33(24(4)15-16-40-31)45-35-29(19-27(20-39)32(41-35)28-14-10-13-26-12-9-11-23(3)30(26)28)34(42-36(45)46)44-18-17-43(21-25(44)5)37(47)48-38(6,7)8/h9-16,19,22,25H,17-18,21H2,1-8H3/t25-/m0/s1. The third kappa shape index (κ3) is 5.85. The number of amides is 1. The first kappa shape index (κ1) is 32.6. The molecule has 0 bridgehead atoms. The third-order valence-corrected chi connectivity index (χ3v) is 8.81. The van der Waals surface area contributed by atoms with Crippen LogP contribution < -0.4 is 10.6 Å². The van der Waals surface area contributed by atoms with E-state index in [1.807, 2.05) is 103 Å². The summed E-state index contributed by atoms with van der Waals surface area (Å²) >= 11 is 0. The van der Waals surface area contributed by atoms with Gasteiger partial charge in [-0.1, -0.05) is 50.2 Å². The minimum Gasteiger partial charge on any atom is -0.444 e. The largest absolute Gasteiger partial charge is 0.444 e. The topological polar surface area (TPSA) is 117 Å². The van der Waals surface area contributed by atoms with Gasteiger partial charge in [-0.15, -0.1) is 0 Å². The number of aromatic nitrogens is 4. The predicted molar refractivity (Wildman–Crippen MR) is 189 cm³/mol. The Bertz CT molecular complexity index is 2170. The number of hydrogen-bond donors (Lipinski definition) is 0. The molecule has 0 radical (unpaired) electrons. The monoisotopic (exact) mass is 643 g/mol. The Labute approximate surface area is 280 Å². The van der Waals surface area contributed by atoms with Gasteiger partial charge >= 0.3 is 11.8 Å². The summed E-state index contributed by atoms with van der Waals surface area (Å²) in [5.74, 6) is 0.445. The molecule has 0 N–H and O–H groups in total. The molecule has 2 aromatic carbocycles. The van der Waals surface area contributed by atoms with Gasteiger partial charge in [-0.2, -0.15) is 10.2 Å². The van der Waals surface area contributed by atoms with E-state index < -0.39 is 11.3 Å². The Balaban J connectivity index is 1.62. The maximum Gasteiger partial charge on any atom is 0.410 e. The van der Waals surface area contributed by atoms with Crippen LogP contribution in [0.5, 0.6) is 0 Å². The third-order valence-electron chi connectivity index (χ3n) is 8.81. The lowest BCUT2D eigenvalue weighted by Gasteiger charge is -2.41. The normalized spacial score (nSPS) is 15.3. The van der Waals surface area contributed by atoms with Crippen molar-refractivity contribution in [1.82, 2.24) is 24.4 Å². The molecular formula is C38H41N7O3. The number of aryl methyl sites for hydroxylation is 2. The van der Waals surface area contributed by atoms with Gasteiger partial charge in [0.15, 0.2) is 5.65 Å². The van der Waals surface area contributed by atoms with E-state index in [4.69, 9.17) is 9.72 Å². The lowest BCUT2D eigenvalue weighted by Crippen LogP contribution is -2.55. The molecule has 1 fully saturated rings. The molecule has 4 heterocycles. The summed E-state index contributed by atoms with van der Waals surface area (Å²) in [5.41, 5.74) is 4.28. The molecule has 0 aliphatic carbocycles. The minimum absolute atomic E-state index is 0.0149. The van der Waals surface area contributed by atoms with Crippen molar-refractivity contribution in [1.29, 1.82) is 5.26 Å². The van der Waals surface area contributed by atoms with Crippen molar-refractivity contribution in [3.63, 3.8) is 0 Å². The summed E-state index contributed by atoms with van der Waals surface area (Å²) in [6.45, 7) is 16.8. The van der Waals surface area contributed by atoms with Crippen molar-refractivity contribution < 1.29 is 9.53 Å².